The van der Waals surface area contributed by atoms with Gasteiger partial charge in [-0.25, -0.2) is 8.51 Å². The highest BCUT2D eigenvalue weighted by atomic mass is 32.2. The third-order valence-electron chi connectivity index (χ3n) is 2.88. The van der Waals surface area contributed by atoms with E-state index in [4.69, 9.17) is 0 Å². The van der Waals surface area contributed by atoms with Crippen LogP contribution in [0.25, 0.3) is 0 Å². The van der Waals surface area contributed by atoms with Crippen LogP contribution in [0.3, 0.4) is 0 Å². The molecular weight excluding hydrogens is 278 g/mol. The van der Waals surface area contributed by atoms with Gasteiger partial charge in [0, 0.05) is 18.7 Å². The zero-order chi connectivity index (χ0) is 13.8. The van der Waals surface area contributed by atoms with E-state index >= 15 is 0 Å². The van der Waals surface area contributed by atoms with Gasteiger partial charge in [0.05, 0.1) is 4.90 Å². The summed E-state index contributed by atoms with van der Waals surface area (Å²) >= 11 is 1.31. The van der Waals surface area contributed by atoms with E-state index in [1.54, 1.807) is 0 Å². The van der Waals surface area contributed by atoms with E-state index in [1.165, 1.54) is 11.8 Å². The lowest BCUT2D eigenvalue weighted by Crippen LogP contribution is -2.24. The predicted molar refractivity (Wildman–Crippen MR) is 80.4 cm³/mol. The number of benzene rings is 1. The summed E-state index contributed by atoms with van der Waals surface area (Å²) in [6, 6.07) is 7.67. The number of hydrogen-bond acceptors (Lipinski definition) is 3. The molecular formula is C14H17NO2S2. The van der Waals surface area contributed by atoms with Gasteiger partial charge in [-0.1, -0.05) is 42.5 Å². The van der Waals surface area contributed by atoms with Crippen LogP contribution in [-0.4, -0.2) is 32.5 Å². The summed E-state index contributed by atoms with van der Waals surface area (Å²) in [4.78, 5) is 12.6. The first-order chi connectivity index (χ1) is 9.11. The molecule has 5 heteroatoms. The van der Waals surface area contributed by atoms with Crippen molar-refractivity contribution in [1.29, 1.82) is 0 Å². The number of hydrogen-bond donors (Lipinski definition) is 0. The fraction of sp³-hybridized carbons (Fsp3) is 0.357. The second kappa shape index (κ2) is 6.50. The molecule has 1 unspecified atom stereocenters. The summed E-state index contributed by atoms with van der Waals surface area (Å²) < 4.78 is 14.2. The highest BCUT2D eigenvalue weighted by Crippen LogP contribution is 2.21. The molecule has 102 valence electrons. The lowest BCUT2D eigenvalue weighted by atomic mass is 10.2. The van der Waals surface area contributed by atoms with Gasteiger partial charge in [0.15, 0.2) is 0 Å². The normalized spacial score (nSPS) is 17.3. The molecule has 0 fully saturated rings. The summed E-state index contributed by atoms with van der Waals surface area (Å²) in [6.07, 6.45) is 1.89. The van der Waals surface area contributed by atoms with Crippen molar-refractivity contribution in [2.24, 2.45) is 0 Å². The first kappa shape index (κ1) is 14.5. The zero-order valence-corrected chi connectivity index (χ0v) is 12.7. The Morgan fingerprint density at radius 2 is 2.05 bits per heavy atom. The molecule has 0 amide bonds. The minimum atomic E-state index is -1.19. The molecule has 0 bridgehead atoms. The van der Waals surface area contributed by atoms with Crippen LogP contribution in [0.5, 0.6) is 0 Å². The fourth-order valence-corrected chi connectivity index (χ4v) is 3.56. The van der Waals surface area contributed by atoms with E-state index in [-0.39, 0.29) is 5.12 Å². The van der Waals surface area contributed by atoms with Crippen LogP contribution in [0.2, 0.25) is 0 Å². The van der Waals surface area contributed by atoms with Crippen LogP contribution < -0.4 is 0 Å². The van der Waals surface area contributed by atoms with Crippen molar-refractivity contribution in [3.05, 3.63) is 41.5 Å². The van der Waals surface area contributed by atoms with Crippen molar-refractivity contribution in [3.63, 3.8) is 0 Å². The van der Waals surface area contributed by atoms with Crippen LogP contribution in [0.1, 0.15) is 12.5 Å². The van der Waals surface area contributed by atoms with Gasteiger partial charge in [-0.05, 0) is 24.8 Å². The SMILES string of the molecule is CCSC(=O)C1=CCN(S(=O)c2ccc(C)cc2)C1. The molecule has 1 aliphatic heterocycles. The molecule has 0 aliphatic carbocycles. The number of carbonyl (C=O) groups excluding carboxylic acids is 1. The lowest BCUT2D eigenvalue weighted by Gasteiger charge is -2.14. The Balaban J connectivity index is 2.00. The summed E-state index contributed by atoms with van der Waals surface area (Å²) in [5.74, 6) is 0.775. The van der Waals surface area contributed by atoms with Crippen molar-refractivity contribution in [2.45, 2.75) is 18.7 Å². The smallest absolute Gasteiger partial charge is 0.216 e. The molecule has 0 radical (unpaired) electrons. The van der Waals surface area contributed by atoms with Crippen molar-refractivity contribution < 1.29 is 9.00 Å². The van der Waals surface area contributed by atoms with Gasteiger partial charge in [0.1, 0.15) is 11.0 Å². The van der Waals surface area contributed by atoms with Gasteiger partial charge in [-0.2, -0.15) is 0 Å². The number of nitrogens with zero attached hydrogens (tertiary/aromatic N) is 1. The number of carbonyl (C=O) groups is 1. The van der Waals surface area contributed by atoms with Crippen molar-refractivity contribution in [1.82, 2.24) is 4.31 Å². The third kappa shape index (κ3) is 3.55. The van der Waals surface area contributed by atoms with E-state index in [2.05, 4.69) is 0 Å². The molecule has 1 atom stereocenters. The van der Waals surface area contributed by atoms with E-state index in [0.29, 0.717) is 13.1 Å². The summed E-state index contributed by atoms with van der Waals surface area (Å²) in [5.41, 5.74) is 1.92. The molecule has 1 heterocycles. The van der Waals surface area contributed by atoms with Crippen LogP contribution in [0.15, 0.2) is 40.8 Å². The van der Waals surface area contributed by atoms with Crippen molar-refractivity contribution in [2.75, 3.05) is 18.8 Å². The van der Waals surface area contributed by atoms with E-state index in [9.17, 15) is 9.00 Å². The molecule has 0 N–H and O–H groups in total. The highest BCUT2D eigenvalue weighted by molar-refractivity contribution is 8.14. The van der Waals surface area contributed by atoms with E-state index in [0.717, 1.165) is 21.8 Å². The van der Waals surface area contributed by atoms with Crippen LogP contribution >= 0.6 is 11.8 Å². The highest BCUT2D eigenvalue weighted by Gasteiger charge is 2.24. The second-order valence-corrected chi connectivity index (χ2v) is 7.06. The minimum absolute atomic E-state index is 0.103. The van der Waals surface area contributed by atoms with Crippen LogP contribution in [0.4, 0.5) is 0 Å². The predicted octanol–water partition coefficient (Wildman–Crippen LogP) is 2.54. The monoisotopic (exact) mass is 295 g/mol. The first-order valence-electron chi connectivity index (χ1n) is 6.21. The molecule has 3 nitrogen and oxygen atoms in total. The average molecular weight is 295 g/mol. The van der Waals surface area contributed by atoms with Gasteiger partial charge in [-0.15, -0.1) is 0 Å². The molecule has 2 rings (SSSR count). The topological polar surface area (TPSA) is 37.4 Å². The molecule has 0 saturated carbocycles. The third-order valence-corrected chi connectivity index (χ3v) is 5.12. The van der Waals surface area contributed by atoms with Crippen LogP contribution in [-0.2, 0) is 15.8 Å². The fourth-order valence-electron chi connectivity index (χ4n) is 1.83. The van der Waals surface area contributed by atoms with Gasteiger partial charge >= 0.3 is 0 Å². The number of thioether (sulfide) groups is 1. The summed E-state index contributed by atoms with van der Waals surface area (Å²) in [5, 5.41) is 0.103. The van der Waals surface area contributed by atoms with Crippen molar-refractivity contribution in [3.8, 4) is 0 Å². The Morgan fingerprint density at radius 1 is 1.37 bits per heavy atom. The van der Waals surface area contributed by atoms with E-state index in [1.807, 2.05) is 48.5 Å². The van der Waals surface area contributed by atoms with Gasteiger partial charge in [0.25, 0.3) is 0 Å². The van der Waals surface area contributed by atoms with Crippen LogP contribution in [0, 0.1) is 6.92 Å². The summed E-state index contributed by atoms with van der Waals surface area (Å²) in [6.45, 7) is 5.02. The minimum Gasteiger partial charge on any atom is -0.282 e. The maximum absolute atomic E-state index is 12.4. The maximum atomic E-state index is 12.4. The molecule has 0 spiro atoms. The van der Waals surface area contributed by atoms with Crippen molar-refractivity contribution >= 4 is 27.9 Å². The van der Waals surface area contributed by atoms with Gasteiger partial charge in [-0.3, -0.25) is 4.79 Å². The Morgan fingerprint density at radius 3 is 2.68 bits per heavy atom. The first-order valence-corrected chi connectivity index (χ1v) is 8.30. The lowest BCUT2D eigenvalue weighted by molar-refractivity contribution is -0.107. The Labute approximate surface area is 120 Å². The standard InChI is InChI=1S/C14H17NO2S2/c1-3-18-14(16)12-8-9-15(10-12)19(17)13-6-4-11(2)5-7-13/h4-8H,3,9-10H2,1-2H3. The average Bonchev–Trinajstić information content (AvgIpc) is 2.89. The maximum Gasteiger partial charge on any atom is 0.216 e. The molecule has 1 aromatic rings. The largest absolute Gasteiger partial charge is 0.282 e. The summed E-state index contributed by atoms with van der Waals surface area (Å²) in [7, 11) is -1.19. The Hall–Kier alpha value is -0.910. The Bertz CT molecular complexity index is 523. The second-order valence-electron chi connectivity index (χ2n) is 4.33. The van der Waals surface area contributed by atoms with E-state index < -0.39 is 11.0 Å². The molecule has 19 heavy (non-hydrogen) atoms. The molecule has 1 aliphatic rings. The Kier molecular flexibility index (Phi) is 4.96. The molecule has 1 aromatic carbocycles. The quantitative estimate of drug-likeness (QED) is 0.856. The van der Waals surface area contributed by atoms with Gasteiger partial charge in [0.2, 0.25) is 5.12 Å². The van der Waals surface area contributed by atoms with Gasteiger partial charge < -0.3 is 0 Å². The zero-order valence-electron chi connectivity index (χ0n) is 11.1. The molecule has 0 saturated heterocycles. The number of rotatable bonds is 4. The molecule has 0 aromatic heterocycles. The number of aryl methyl sites for hydroxylation is 1.